The number of nitrogens with zero attached hydrogens (tertiary/aromatic N) is 1. The molecule has 0 aliphatic heterocycles. The minimum atomic E-state index is -2.88. The van der Waals surface area contributed by atoms with E-state index in [-0.39, 0.29) is 11.3 Å². The van der Waals surface area contributed by atoms with Gasteiger partial charge in [0.15, 0.2) is 0 Å². The Morgan fingerprint density at radius 1 is 1.43 bits per heavy atom. The molecule has 0 fully saturated rings. The number of alkyl halides is 2. The summed E-state index contributed by atoms with van der Waals surface area (Å²) in [5.74, 6) is -0.424. The van der Waals surface area contributed by atoms with Crippen molar-refractivity contribution in [3.63, 3.8) is 0 Å². The van der Waals surface area contributed by atoms with Crippen LogP contribution in [0.5, 0.6) is 5.75 Å². The third kappa shape index (κ3) is 6.04. The number of hydrogen-bond donors (Lipinski definition) is 1. The van der Waals surface area contributed by atoms with Crippen molar-refractivity contribution >= 4 is 12.0 Å². The second-order valence-electron chi connectivity index (χ2n) is 4.23. The van der Waals surface area contributed by atoms with Crippen LogP contribution in [0.2, 0.25) is 0 Å². The van der Waals surface area contributed by atoms with E-state index in [1.807, 2.05) is 13.0 Å². The van der Waals surface area contributed by atoms with Crippen molar-refractivity contribution in [1.82, 2.24) is 5.32 Å². The van der Waals surface area contributed by atoms with Crippen LogP contribution in [0, 0.1) is 11.3 Å². The number of nitriles is 1. The highest BCUT2D eigenvalue weighted by atomic mass is 19.3. The smallest absolute Gasteiger partial charge is 0.387 e. The Morgan fingerprint density at radius 2 is 2.10 bits per heavy atom. The maximum atomic E-state index is 12.0. The normalized spacial score (nSPS) is 11.1. The molecule has 0 atom stereocenters. The van der Waals surface area contributed by atoms with Gasteiger partial charge in [0, 0.05) is 6.54 Å². The zero-order valence-electron chi connectivity index (χ0n) is 11.6. The van der Waals surface area contributed by atoms with Crippen LogP contribution in [-0.4, -0.2) is 19.1 Å². The van der Waals surface area contributed by atoms with Gasteiger partial charge in [0.1, 0.15) is 17.4 Å². The van der Waals surface area contributed by atoms with Gasteiger partial charge in [-0.25, -0.2) is 0 Å². The first-order chi connectivity index (χ1) is 10.1. The van der Waals surface area contributed by atoms with E-state index in [0.29, 0.717) is 12.1 Å². The molecule has 1 N–H and O–H groups in total. The molecular weight excluding hydrogens is 278 g/mol. The first-order valence-corrected chi connectivity index (χ1v) is 6.51. The number of benzene rings is 1. The lowest BCUT2D eigenvalue weighted by Crippen LogP contribution is -2.25. The molecular formula is C15H16F2N2O2. The maximum absolute atomic E-state index is 12.0. The molecule has 0 aliphatic rings. The van der Waals surface area contributed by atoms with Gasteiger partial charge in [0.2, 0.25) is 0 Å². The van der Waals surface area contributed by atoms with Crippen LogP contribution in [0.3, 0.4) is 0 Å². The maximum Gasteiger partial charge on any atom is 0.387 e. The van der Waals surface area contributed by atoms with E-state index in [9.17, 15) is 13.6 Å². The molecule has 4 nitrogen and oxygen atoms in total. The van der Waals surface area contributed by atoms with Crippen molar-refractivity contribution in [2.75, 3.05) is 6.54 Å². The summed E-state index contributed by atoms with van der Waals surface area (Å²) in [7, 11) is 0. The first kappa shape index (κ1) is 16.6. The largest absolute Gasteiger partial charge is 0.435 e. The molecule has 0 spiro atoms. The molecule has 112 valence electrons. The van der Waals surface area contributed by atoms with Crippen LogP contribution in [0.15, 0.2) is 29.8 Å². The molecule has 21 heavy (non-hydrogen) atoms. The summed E-state index contributed by atoms with van der Waals surface area (Å²) in [6.45, 7) is -0.378. The molecule has 0 aliphatic carbocycles. The average Bonchev–Trinajstić information content (AvgIpc) is 2.46. The molecule has 0 saturated heterocycles. The third-order valence-electron chi connectivity index (χ3n) is 2.60. The number of unbranched alkanes of at least 4 members (excludes halogenated alkanes) is 1. The SMILES string of the molecule is CCCCNC(=O)/C(C#N)=C/c1ccc(OC(F)F)cc1. The number of halogens is 2. The topological polar surface area (TPSA) is 62.1 Å². The molecule has 1 rings (SSSR count). The summed E-state index contributed by atoms with van der Waals surface area (Å²) in [6, 6.07) is 7.51. The van der Waals surface area contributed by atoms with Gasteiger partial charge in [-0.1, -0.05) is 25.5 Å². The second kappa shape index (κ2) is 8.69. The number of carbonyl (C=O) groups excluding carboxylic acids is 1. The monoisotopic (exact) mass is 294 g/mol. The summed E-state index contributed by atoms with van der Waals surface area (Å²) in [6.07, 6.45) is 3.18. The zero-order chi connectivity index (χ0) is 15.7. The van der Waals surface area contributed by atoms with Crippen LogP contribution >= 0.6 is 0 Å². The number of amides is 1. The molecule has 0 unspecified atom stereocenters. The van der Waals surface area contributed by atoms with E-state index < -0.39 is 12.5 Å². The fourth-order valence-corrected chi connectivity index (χ4v) is 1.53. The van der Waals surface area contributed by atoms with E-state index >= 15 is 0 Å². The van der Waals surface area contributed by atoms with E-state index in [1.54, 1.807) is 0 Å². The quantitative estimate of drug-likeness (QED) is 0.477. The molecule has 0 aromatic heterocycles. The van der Waals surface area contributed by atoms with Crippen LogP contribution < -0.4 is 10.1 Å². The first-order valence-electron chi connectivity index (χ1n) is 6.51. The highest BCUT2D eigenvalue weighted by Crippen LogP contribution is 2.16. The zero-order valence-corrected chi connectivity index (χ0v) is 11.6. The van der Waals surface area contributed by atoms with E-state index in [1.165, 1.54) is 30.3 Å². The summed E-state index contributed by atoms with van der Waals surface area (Å²) in [4.78, 5) is 11.7. The van der Waals surface area contributed by atoms with Gasteiger partial charge in [-0.15, -0.1) is 0 Å². The predicted molar refractivity (Wildman–Crippen MR) is 74.6 cm³/mol. The summed E-state index contributed by atoms with van der Waals surface area (Å²) >= 11 is 0. The Kier molecular flexibility index (Phi) is 6.88. The molecule has 0 radical (unpaired) electrons. The molecule has 0 heterocycles. The lowest BCUT2D eigenvalue weighted by atomic mass is 10.1. The Morgan fingerprint density at radius 3 is 2.62 bits per heavy atom. The molecule has 6 heteroatoms. The molecule has 0 bridgehead atoms. The summed E-state index contributed by atoms with van der Waals surface area (Å²) in [5, 5.41) is 11.6. The van der Waals surface area contributed by atoms with Crippen LogP contribution in [-0.2, 0) is 4.79 Å². The van der Waals surface area contributed by atoms with Gasteiger partial charge >= 0.3 is 6.61 Å². The van der Waals surface area contributed by atoms with Gasteiger partial charge in [0.25, 0.3) is 5.91 Å². The van der Waals surface area contributed by atoms with Gasteiger partial charge in [-0.05, 0) is 30.2 Å². The van der Waals surface area contributed by atoms with Gasteiger partial charge in [-0.2, -0.15) is 14.0 Å². The summed E-state index contributed by atoms with van der Waals surface area (Å²) in [5.41, 5.74) is 0.521. The number of rotatable bonds is 7. The minimum Gasteiger partial charge on any atom is -0.435 e. The lowest BCUT2D eigenvalue weighted by Gasteiger charge is -2.05. The Hall–Kier alpha value is -2.42. The summed E-state index contributed by atoms with van der Waals surface area (Å²) < 4.78 is 28.2. The highest BCUT2D eigenvalue weighted by molar-refractivity contribution is 6.01. The fraction of sp³-hybridized carbons (Fsp3) is 0.333. The average molecular weight is 294 g/mol. The predicted octanol–water partition coefficient (Wildman–Crippen LogP) is 3.11. The molecule has 1 aromatic carbocycles. The number of ether oxygens (including phenoxy) is 1. The van der Waals surface area contributed by atoms with E-state index in [2.05, 4.69) is 10.1 Å². The Labute approximate surface area is 122 Å². The van der Waals surface area contributed by atoms with Gasteiger partial charge in [-0.3, -0.25) is 4.79 Å². The Bertz CT molecular complexity index is 534. The van der Waals surface area contributed by atoms with Crippen molar-refractivity contribution < 1.29 is 18.3 Å². The standard InChI is InChI=1S/C15H16F2N2O2/c1-2-3-8-19-14(20)12(10-18)9-11-4-6-13(7-5-11)21-15(16)17/h4-7,9,15H,2-3,8H2,1H3,(H,19,20)/b12-9+. The van der Waals surface area contributed by atoms with Crippen LogP contribution in [0.25, 0.3) is 6.08 Å². The van der Waals surface area contributed by atoms with E-state index in [4.69, 9.17) is 5.26 Å². The number of nitrogens with one attached hydrogen (secondary N) is 1. The molecule has 0 saturated carbocycles. The number of carbonyl (C=O) groups is 1. The Balaban J connectivity index is 2.74. The fourth-order valence-electron chi connectivity index (χ4n) is 1.53. The lowest BCUT2D eigenvalue weighted by molar-refractivity contribution is -0.117. The van der Waals surface area contributed by atoms with Crippen molar-refractivity contribution in [2.45, 2.75) is 26.4 Å². The van der Waals surface area contributed by atoms with Crippen molar-refractivity contribution in [3.8, 4) is 11.8 Å². The van der Waals surface area contributed by atoms with E-state index in [0.717, 1.165) is 12.8 Å². The van der Waals surface area contributed by atoms with Crippen molar-refractivity contribution in [2.24, 2.45) is 0 Å². The van der Waals surface area contributed by atoms with Gasteiger partial charge in [0.05, 0.1) is 0 Å². The van der Waals surface area contributed by atoms with Crippen LogP contribution in [0.4, 0.5) is 8.78 Å². The third-order valence-corrected chi connectivity index (χ3v) is 2.60. The molecule has 1 amide bonds. The van der Waals surface area contributed by atoms with Crippen molar-refractivity contribution in [1.29, 1.82) is 5.26 Å². The van der Waals surface area contributed by atoms with Crippen molar-refractivity contribution in [3.05, 3.63) is 35.4 Å². The van der Waals surface area contributed by atoms with Gasteiger partial charge < -0.3 is 10.1 Å². The highest BCUT2D eigenvalue weighted by Gasteiger charge is 2.08. The molecule has 1 aromatic rings. The minimum absolute atomic E-state index is 0.0213. The number of hydrogen-bond acceptors (Lipinski definition) is 3. The van der Waals surface area contributed by atoms with Crippen LogP contribution in [0.1, 0.15) is 25.3 Å². The second-order valence-corrected chi connectivity index (χ2v) is 4.23.